The van der Waals surface area contributed by atoms with Gasteiger partial charge in [-0.15, -0.1) is 0 Å². The lowest BCUT2D eigenvalue weighted by Crippen LogP contribution is -2.70. The van der Waals surface area contributed by atoms with Gasteiger partial charge in [0.15, 0.2) is 18.9 Å². The van der Waals surface area contributed by atoms with Crippen molar-refractivity contribution in [2.24, 2.45) is 0 Å². The monoisotopic (exact) mass is 939 g/mol. The molecule has 9 N–H and O–H groups in total. The Labute approximate surface area is 345 Å². The Morgan fingerprint density at radius 2 is 1.20 bits per heavy atom. The first-order valence-electron chi connectivity index (χ1n) is 18.3. The van der Waals surface area contributed by atoms with Gasteiger partial charge in [-0.3, -0.25) is 23.2 Å². The number of nitrogens with one attached hydrogen (secondary N) is 1. The number of hydrogen-bond donors (Lipinski definition) is 9. The fourth-order valence-corrected chi connectivity index (χ4v) is 7.85. The smallest absolute Gasteiger partial charge is 0.397 e. The minimum atomic E-state index is -5.68. The van der Waals surface area contributed by atoms with Crippen molar-refractivity contribution in [1.82, 2.24) is 5.32 Å². The maximum atomic E-state index is 12.6. The molecule has 3 heterocycles. The first-order chi connectivity index (χ1) is 27.9. The Kier molecular flexibility index (Phi) is 20.2. The molecule has 0 aromatic heterocycles. The molecule has 27 nitrogen and oxygen atoms in total. The molecule has 60 heavy (non-hydrogen) atoms. The third-order valence-electron chi connectivity index (χ3n) is 9.33. The predicted molar refractivity (Wildman–Crippen MR) is 191 cm³/mol. The summed E-state index contributed by atoms with van der Waals surface area (Å²) >= 11 is 0. The minimum absolute atomic E-state index is 0.0203. The van der Waals surface area contributed by atoms with E-state index in [9.17, 15) is 69.5 Å². The molecule has 30 heteroatoms. The normalized spacial score (nSPS) is 35.5. The standard InChI is InChI=1S/C30H53NO26S3/c1-14-20(35)21(36)22(37)29(51-14)55-26-19(31-15(2)33)28(49-11-9-7-5-4-6-8-10-18(34)48-3)52-16(12-32)24(26)54-30-23(38)27(57-60(45,46)47)25(56-59(42,43)44)17(53-30)13-50-58(39,40)41/h14,16-17,19-30,32,35-38H,4-13H2,1-3H3,(H,31,33)(H,39,40,41)(H,42,43,44)(H,45,46,47)/t14-,16+,17+,19+,20+,21+,22-,23+,24+,25-,26+,27+,28?,29?,30?/m0/s1. The Bertz CT molecular complexity index is 1700. The number of hydrogen-bond acceptors (Lipinski definition) is 23. The van der Waals surface area contributed by atoms with Crippen LogP contribution in [-0.4, -0.2) is 195 Å². The largest absolute Gasteiger partial charge is 0.469 e. The van der Waals surface area contributed by atoms with Gasteiger partial charge < -0.3 is 64.0 Å². The maximum Gasteiger partial charge on any atom is 0.397 e. The quantitative estimate of drug-likeness (QED) is 0.0268. The van der Waals surface area contributed by atoms with Crippen LogP contribution in [0.1, 0.15) is 58.8 Å². The van der Waals surface area contributed by atoms with Gasteiger partial charge in [-0.1, -0.05) is 25.7 Å². The summed E-state index contributed by atoms with van der Waals surface area (Å²) in [6.07, 6.45) is -23.7. The first kappa shape index (κ1) is 52.5. The summed E-state index contributed by atoms with van der Waals surface area (Å²) in [5.41, 5.74) is 0. The lowest BCUT2D eigenvalue weighted by molar-refractivity contribution is -0.371. The van der Waals surface area contributed by atoms with E-state index in [0.29, 0.717) is 19.3 Å². The van der Waals surface area contributed by atoms with Crippen molar-refractivity contribution in [1.29, 1.82) is 0 Å². The van der Waals surface area contributed by atoms with E-state index in [1.165, 1.54) is 14.0 Å². The molecule has 0 bridgehead atoms. The van der Waals surface area contributed by atoms with Crippen molar-refractivity contribution in [2.45, 2.75) is 151 Å². The highest BCUT2D eigenvalue weighted by atomic mass is 32.3. The zero-order chi connectivity index (χ0) is 45.2. The van der Waals surface area contributed by atoms with E-state index in [4.69, 9.17) is 33.0 Å². The summed E-state index contributed by atoms with van der Waals surface area (Å²) in [6, 6.07) is -1.52. The number of amides is 1. The second-order valence-electron chi connectivity index (χ2n) is 13.9. The van der Waals surface area contributed by atoms with Crippen LogP contribution in [0.25, 0.3) is 0 Å². The predicted octanol–water partition coefficient (Wildman–Crippen LogP) is -3.99. The highest BCUT2D eigenvalue weighted by Crippen LogP contribution is 2.35. The van der Waals surface area contributed by atoms with E-state index in [1.807, 2.05) is 0 Å². The van der Waals surface area contributed by atoms with E-state index < -0.39 is 142 Å². The van der Waals surface area contributed by atoms with Gasteiger partial charge in [0, 0.05) is 20.0 Å². The Balaban J connectivity index is 2.00. The third kappa shape index (κ3) is 16.3. The number of unbranched alkanes of at least 4 members (excludes halogenated alkanes) is 5. The summed E-state index contributed by atoms with van der Waals surface area (Å²) in [4.78, 5) is 23.9. The molecule has 0 aromatic rings. The van der Waals surface area contributed by atoms with Crippen LogP contribution < -0.4 is 5.32 Å². The number of esters is 1. The average Bonchev–Trinajstić information content (AvgIpc) is 3.14. The van der Waals surface area contributed by atoms with Crippen LogP contribution in [0.3, 0.4) is 0 Å². The highest BCUT2D eigenvalue weighted by molar-refractivity contribution is 7.81. The molecule has 3 rings (SSSR count). The zero-order valence-corrected chi connectivity index (χ0v) is 34.8. The van der Waals surface area contributed by atoms with Crippen molar-refractivity contribution < 1.29 is 120 Å². The van der Waals surface area contributed by atoms with Gasteiger partial charge in [0.1, 0.15) is 67.1 Å². The molecule has 352 valence electrons. The Morgan fingerprint density at radius 3 is 1.77 bits per heavy atom. The molecule has 1 amide bonds. The summed E-state index contributed by atoms with van der Waals surface area (Å²) in [7, 11) is -15.4. The van der Waals surface area contributed by atoms with E-state index in [2.05, 4.69) is 22.6 Å². The van der Waals surface area contributed by atoms with Gasteiger partial charge in [-0.05, 0) is 19.8 Å². The molecule has 3 unspecified atom stereocenters. The molecule has 3 fully saturated rings. The highest BCUT2D eigenvalue weighted by Gasteiger charge is 2.56. The van der Waals surface area contributed by atoms with Crippen LogP contribution in [0, 0.1) is 0 Å². The van der Waals surface area contributed by atoms with Crippen LogP contribution >= 0.6 is 0 Å². The van der Waals surface area contributed by atoms with Crippen molar-refractivity contribution in [3.63, 3.8) is 0 Å². The van der Waals surface area contributed by atoms with E-state index in [-0.39, 0.29) is 19.0 Å². The van der Waals surface area contributed by atoms with Gasteiger partial charge in [0.25, 0.3) is 0 Å². The number of aliphatic hydroxyl groups is 5. The first-order valence-corrected chi connectivity index (χ1v) is 22.4. The number of ether oxygens (including phenoxy) is 7. The molecule has 0 saturated carbocycles. The number of methoxy groups -OCH3 is 1. The van der Waals surface area contributed by atoms with Crippen LogP contribution in [0.15, 0.2) is 0 Å². The molecule has 3 saturated heterocycles. The minimum Gasteiger partial charge on any atom is -0.469 e. The second kappa shape index (κ2) is 23.2. The van der Waals surface area contributed by atoms with Crippen LogP contribution in [0.4, 0.5) is 0 Å². The molecular formula is C30H53NO26S3. The molecule has 0 spiro atoms. The maximum absolute atomic E-state index is 12.6. The van der Waals surface area contributed by atoms with Gasteiger partial charge in [-0.25, -0.2) is 12.5 Å². The summed E-state index contributed by atoms with van der Waals surface area (Å²) in [5, 5.41) is 56.0. The summed E-state index contributed by atoms with van der Waals surface area (Å²) < 4.78 is 151. The van der Waals surface area contributed by atoms with Gasteiger partial charge in [-0.2, -0.15) is 25.3 Å². The number of carbonyl (C=O) groups excluding carboxylic acids is 2. The molecule has 3 aliphatic rings. The summed E-state index contributed by atoms with van der Waals surface area (Å²) in [5.74, 6) is -1.07. The van der Waals surface area contributed by atoms with Gasteiger partial charge in [0.2, 0.25) is 5.91 Å². The van der Waals surface area contributed by atoms with Gasteiger partial charge in [0.05, 0.1) is 26.4 Å². The summed E-state index contributed by atoms with van der Waals surface area (Å²) in [6.45, 7) is -0.126. The molecule has 3 aliphatic heterocycles. The number of carbonyl (C=O) groups is 2. The topological polar surface area (TPSA) is 403 Å². The van der Waals surface area contributed by atoms with E-state index >= 15 is 0 Å². The van der Waals surface area contributed by atoms with Crippen LogP contribution in [-0.2, 0) is 86.5 Å². The fraction of sp³-hybridized carbons (Fsp3) is 0.933. The molecule has 0 aliphatic carbocycles. The molecule has 15 atom stereocenters. The molecule has 0 aromatic carbocycles. The molecule has 0 radical (unpaired) electrons. The van der Waals surface area contributed by atoms with Crippen LogP contribution in [0.2, 0.25) is 0 Å². The van der Waals surface area contributed by atoms with Crippen molar-refractivity contribution >= 4 is 43.1 Å². The Hall–Kier alpha value is -1.89. The lowest BCUT2D eigenvalue weighted by atomic mass is 9.94. The van der Waals surface area contributed by atoms with E-state index in [0.717, 1.165) is 26.2 Å². The zero-order valence-electron chi connectivity index (χ0n) is 32.4. The number of rotatable bonds is 23. The van der Waals surface area contributed by atoms with Crippen molar-refractivity contribution in [3.05, 3.63) is 0 Å². The fourth-order valence-electron chi connectivity index (χ4n) is 6.52. The van der Waals surface area contributed by atoms with E-state index in [1.54, 1.807) is 0 Å². The van der Waals surface area contributed by atoms with Crippen molar-refractivity contribution in [2.75, 3.05) is 26.9 Å². The van der Waals surface area contributed by atoms with Gasteiger partial charge >= 0.3 is 37.2 Å². The second-order valence-corrected chi connectivity index (χ2v) is 17.1. The van der Waals surface area contributed by atoms with Crippen LogP contribution in [0.5, 0.6) is 0 Å². The SMILES string of the molecule is COC(=O)CCCCCCCCOC1O[C@H](CO)[C@@H](OC2O[C@H](COS(=O)(=O)O)[C@H](OS(=O)(=O)O)[C@H](OS(=O)(=O)O)[C@H]2O)[C@H](OC2O[C@@H](C)[C@@H](O)[C@@H](O)[C@@H]2O)[C@H]1NC(C)=O. The average molecular weight is 940 g/mol. The molecular weight excluding hydrogens is 887 g/mol. The lowest BCUT2D eigenvalue weighted by Gasteiger charge is -2.50. The third-order valence-corrected chi connectivity index (χ3v) is 10.7. The Morgan fingerprint density at radius 1 is 0.650 bits per heavy atom. The van der Waals surface area contributed by atoms with Crippen molar-refractivity contribution in [3.8, 4) is 0 Å². The number of aliphatic hydroxyl groups excluding tert-OH is 5.